The number of hydrogen-bond acceptors (Lipinski definition) is 4. The van der Waals surface area contributed by atoms with Crippen molar-refractivity contribution in [2.45, 2.75) is 5.03 Å². The van der Waals surface area contributed by atoms with Crippen LogP contribution in [0.4, 0.5) is 0 Å². The second-order valence-electron chi connectivity index (χ2n) is 4.41. The second kappa shape index (κ2) is 6.37. The number of para-hydroxylation sites is 1. The van der Waals surface area contributed by atoms with Crippen LogP contribution in [0.3, 0.4) is 0 Å². The summed E-state index contributed by atoms with van der Waals surface area (Å²) in [6.45, 7) is 0. The maximum atomic E-state index is 12.2. The van der Waals surface area contributed by atoms with E-state index in [0.29, 0.717) is 11.3 Å². The number of halogens is 1. The Morgan fingerprint density at radius 2 is 1.81 bits per heavy atom. The van der Waals surface area contributed by atoms with E-state index in [2.05, 4.69) is 25.9 Å². The smallest absolute Gasteiger partial charge is 0.173 e. The van der Waals surface area contributed by atoms with Gasteiger partial charge in [0, 0.05) is 15.4 Å². The molecule has 104 valence electrons. The number of fused-ring (bicyclic) bond motifs is 1. The molecule has 0 aliphatic rings. The number of carbonyl (C=O) groups is 1. The standard InChI is InChI=1S/C16H11BrN2OS/c17-12-7-5-11(6-8-12)15(20)9-21-16-13-3-1-2-4-14(13)18-10-19-16/h1-8,10H,9H2. The molecule has 0 saturated carbocycles. The molecule has 0 N–H and O–H groups in total. The quantitative estimate of drug-likeness (QED) is 0.394. The van der Waals surface area contributed by atoms with Crippen LogP contribution < -0.4 is 0 Å². The van der Waals surface area contributed by atoms with Crippen LogP contribution in [0.5, 0.6) is 0 Å². The van der Waals surface area contributed by atoms with E-state index in [4.69, 9.17) is 0 Å². The van der Waals surface area contributed by atoms with Crippen LogP contribution in [0.15, 0.2) is 64.4 Å². The van der Waals surface area contributed by atoms with Gasteiger partial charge in [0.1, 0.15) is 11.4 Å². The molecule has 0 fully saturated rings. The fourth-order valence-corrected chi connectivity index (χ4v) is 3.10. The van der Waals surface area contributed by atoms with Gasteiger partial charge >= 0.3 is 0 Å². The van der Waals surface area contributed by atoms with Crippen molar-refractivity contribution in [3.63, 3.8) is 0 Å². The van der Waals surface area contributed by atoms with Gasteiger partial charge in [-0.25, -0.2) is 9.97 Å². The van der Waals surface area contributed by atoms with Crippen LogP contribution in [0.1, 0.15) is 10.4 Å². The van der Waals surface area contributed by atoms with Gasteiger partial charge in [-0.15, -0.1) is 0 Å². The van der Waals surface area contributed by atoms with Gasteiger partial charge in [0.2, 0.25) is 0 Å². The van der Waals surface area contributed by atoms with Crippen molar-refractivity contribution >= 4 is 44.4 Å². The fourth-order valence-electron chi connectivity index (χ4n) is 1.95. The Morgan fingerprint density at radius 3 is 2.62 bits per heavy atom. The molecule has 0 unspecified atom stereocenters. The monoisotopic (exact) mass is 358 g/mol. The summed E-state index contributed by atoms with van der Waals surface area (Å²) in [6.07, 6.45) is 1.54. The SMILES string of the molecule is O=C(CSc1ncnc2ccccc12)c1ccc(Br)cc1. The Morgan fingerprint density at radius 1 is 1.05 bits per heavy atom. The number of hydrogen-bond donors (Lipinski definition) is 0. The Balaban J connectivity index is 1.77. The number of aromatic nitrogens is 2. The van der Waals surface area contributed by atoms with Crippen molar-refractivity contribution < 1.29 is 4.79 Å². The molecule has 3 aromatic rings. The molecule has 0 spiro atoms. The maximum absolute atomic E-state index is 12.2. The molecule has 0 radical (unpaired) electrons. The molecule has 3 rings (SSSR count). The third-order valence-corrected chi connectivity index (χ3v) is 4.55. The first-order valence-electron chi connectivity index (χ1n) is 6.35. The summed E-state index contributed by atoms with van der Waals surface area (Å²) in [5, 5.41) is 1.82. The van der Waals surface area contributed by atoms with Gasteiger partial charge in [0.25, 0.3) is 0 Å². The molecule has 5 heteroatoms. The Bertz CT molecular complexity index is 784. The Kier molecular flexibility index (Phi) is 4.31. The zero-order valence-corrected chi connectivity index (χ0v) is 13.4. The van der Waals surface area contributed by atoms with E-state index in [1.54, 1.807) is 0 Å². The van der Waals surface area contributed by atoms with Crippen molar-refractivity contribution in [2.75, 3.05) is 5.75 Å². The summed E-state index contributed by atoms with van der Waals surface area (Å²) >= 11 is 4.81. The fraction of sp³-hybridized carbons (Fsp3) is 0.0625. The van der Waals surface area contributed by atoms with E-state index in [-0.39, 0.29) is 5.78 Å². The highest BCUT2D eigenvalue weighted by Gasteiger charge is 2.09. The first-order chi connectivity index (χ1) is 10.2. The van der Waals surface area contributed by atoms with Gasteiger partial charge in [-0.3, -0.25) is 4.79 Å². The molecule has 3 nitrogen and oxygen atoms in total. The second-order valence-corrected chi connectivity index (χ2v) is 6.29. The van der Waals surface area contributed by atoms with Crippen LogP contribution >= 0.6 is 27.7 Å². The van der Waals surface area contributed by atoms with Gasteiger partial charge in [-0.1, -0.05) is 58.0 Å². The van der Waals surface area contributed by atoms with Crippen LogP contribution in [-0.2, 0) is 0 Å². The predicted molar refractivity (Wildman–Crippen MR) is 88.7 cm³/mol. The van der Waals surface area contributed by atoms with Crippen LogP contribution in [0.2, 0.25) is 0 Å². The molecule has 21 heavy (non-hydrogen) atoms. The van der Waals surface area contributed by atoms with E-state index in [1.165, 1.54) is 18.1 Å². The zero-order chi connectivity index (χ0) is 14.7. The third kappa shape index (κ3) is 3.31. The van der Waals surface area contributed by atoms with E-state index in [0.717, 1.165) is 20.4 Å². The summed E-state index contributed by atoms with van der Waals surface area (Å²) in [6, 6.07) is 15.2. The van der Waals surface area contributed by atoms with Gasteiger partial charge in [-0.05, 0) is 18.2 Å². The highest BCUT2D eigenvalue weighted by molar-refractivity contribution is 9.10. The summed E-state index contributed by atoms with van der Waals surface area (Å²) < 4.78 is 0.966. The van der Waals surface area contributed by atoms with Gasteiger partial charge in [0.05, 0.1) is 11.3 Å². The number of benzene rings is 2. The van der Waals surface area contributed by atoms with E-state index in [1.807, 2.05) is 48.5 Å². The summed E-state index contributed by atoms with van der Waals surface area (Å²) in [5.74, 6) is 0.457. The van der Waals surface area contributed by atoms with Gasteiger partial charge in [0.15, 0.2) is 5.78 Å². The van der Waals surface area contributed by atoms with Gasteiger partial charge < -0.3 is 0 Å². The van der Waals surface area contributed by atoms with Crippen molar-refractivity contribution in [2.24, 2.45) is 0 Å². The van der Waals surface area contributed by atoms with E-state index >= 15 is 0 Å². The molecule has 2 aromatic carbocycles. The van der Waals surface area contributed by atoms with E-state index in [9.17, 15) is 4.79 Å². The minimum Gasteiger partial charge on any atom is -0.293 e. The number of carbonyl (C=O) groups excluding carboxylic acids is 1. The molecule has 0 bridgehead atoms. The molecule has 1 heterocycles. The number of Topliss-reactive ketones (excluding diaryl/α,β-unsaturated/α-hetero) is 1. The lowest BCUT2D eigenvalue weighted by molar-refractivity contribution is 0.102. The number of thioether (sulfide) groups is 1. The number of rotatable bonds is 4. The number of nitrogens with zero attached hydrogens (tertiary/aromatic N) is 2. The van der Waals surface area contributed by atoms with Crippen molar-refractivity contribution in [1.82, 2.24) is 9.97 Å². The summed E-state index contributed by atoms with van der Waals surface area (Å²) in [5.41, 5.74) is 1.61. The maximum Gasteiger partial charge on any atom is 0.173 e. The Hall–Kier alpha value is -1.72. The average molecular weight is 359 g/mol. The molecule has 0 aliphatic carbocycles. The largest absolute Gasteiger partial charge is 0.293 e. The number of ketones is 1. The lowest BCUT2D eigenvalue weighted by Crippen LogP contribution is -2.02. The summed E-state index contributed by atoms with van der Waals surface area (Å²) in [7, 11) is 0. The van der Waals surface area contributed by atoms with Crippen molar-refractivity contribution in [3.05, 3.63) is 64.9 Å². The lowest BCUT2D eigenvalue weighted by atomic mass is 10.2. The van der Waals surface area contributed by atoms with Gasteiger partial charge in [-0.2, -0.15) is 0 Å². The molecule has 0 amide bonds. The third-order valence-electron chi connectivity index (χ3n) is 3.01. The van der Waals surface area contributed by atoms with Crippen molar-refractivity contribution in [1.29, 1.82) is 0 Å². The zero-order valence-electron chi connectivity index (χ0n) is 11.0. The summed E-state index contributed by atoms with van der Waals surface area (Å²) in [4.78, 5) is 20.7. The normalized spacial score (nSPS) is 10.7. The minimum atomic E-state index is 0.0928. The highest BCUT2D eigenvalue weighted by Crippen LogP contribution is 2.25. The topological polar surface area (TPSA) is 42.9 Å². The molecule has 0 atom stereocenters. The predicted octanol–water partition coefficient (Wildman–Crippen LogP) is 4.37. The van der Waals surface area contributed by atoms with Crippen molar-refractivity contribution in [3.8, 4) is 0 Å². The lowest BCUT2D eigenvalue weighted by Gasteiger charge is -2.04. The molecular weight excluding hydrogens is 348 g/mol. The average Bonchev–Trinajstić information content (AvgIpc) is 2.53. The first kappa shape index (κ1) is 14.2. The minimum absolute atomic E-state index is 0.0928. The first-order valence-corrected chi connectivity index (χ1v) is 8.13. The van der Waals surface area contributed by atoms with E-state index < -0.39 is 0 Å². The molecule has 0 saturated heterocycles. The van der Waals surface area contributed by atoms with Crippen LogP contribution in [0, 0.1) is 0 Å². The van der Waals surface area contributed by atoms with Crippen LogP contribution in [0.25, 0.3) is 10.9 Å². The molecule has 0 aliphatic heterocycles. The Labute approximate surface area is 134 Å². The highest BCUT2D eigenvalue weighted by atomic mass is 79.9. The van der Waals surface area contributed by atoms with Crippen LogP contribution in [-0.4, -0.2) is 21.5 Å². The molecule has 1 aromatic heterocycles. The molecular formula is C16H11BrN2OS.